The topological polar surface area (TPSA) is 24.5 Å². The molecule has 2 aliphatic rings. The molecule has 0 atom stereocenters. The summed E-state index contributed by atoms with van der Waals surface area (Å²) in [4.78, 5) is 2.67. The first kappa shape index (κ1) is 14.4. The number of benzene rings is 1. The molecule has 1 saturated carbocycles. The van der Waals surface area contributed by atoms with E-state index < -0.39 is 0 Å². The lowest BCUT2D eigenvalue weighted by Crippen LogP contribution is -2.43. The third kappa shape index (κ3) is 3.54. The lowest BCUT2D eigenvalue weighted by molar-refractivity contribution is 0.189. The van der Waals surface area contributed by atoms with Gasteiger partial charge in [-0.25, -0.2) is 0 Å². The molecule has 1 aliphatic heterocycles. The van der Waals surface area contributed by atoms with Crippen LogP contribution in [0.5, 0.6) is 5.75 Å². The maximum atomic E-state index is 5.29. The van der Waals surface area contributed by atoms with Gasteiger partial charge in [-0.1, -0.05) is 15.9 Å². The van der Waals surface area contributed by atoms with Gasteiger partial charge in [-0.3, -0.25) is 0 Å². The lowest BCUT2D eigenvalue weighted by Gasteiger charge is -2.32. The van der Waals surface area contributed by atoms with Crippen molar-refractivity contribution in [3.05, 3.63) is 28.2 Å². The van der Waals surface area contributed by atoms with Crippen molar-refractivity contribution in [1.82, 2.24) is 10.2 Å². The molecule has 1 N–H and O–H groups in total. The Hall–Kier alpha value is -0.580. The highest BCUT2D eigenvalue weighted by Gasteiger charge is 2.31. The normalized spacial score (nSPS) is 21.1. The summed E-state index contributed by atoms with van der Waals surface area (Å²) in [7, 11) is 1.72. The number of piperidine rings is 1. The van der Waals surface area contributed by atoms with E-state index >= 15 is 0 Å². The molecule has 110 valence electrons. The first-order valence-corrected chi connectivity index (χ1v) is 8.35. The molecule has 0 unspecified atom stereocenters. The summed E-state index contributed by atoms with van der Waals surface area (Å²) in [5.74, 6) is 0.925. The Morgan fingerprint density at radius 2 is 2.00 bits per heavy atom. The SMILES string of the molecule is COc1ccc(Br)c(CNC2CCN(C3CC3)CC2)c1. The zero-order valence-electron chi connectivity index (χ0n) is 12.1. The molecule has 1 aromatic rings. The van der Waals surface area contributed by atoms with Gasteiger partial charge in [0.2, 0.25) is 0 Å². The second kappa shape index (κ2) is 6.46. The van der Waals surface area contributed by atoms with E-state index in [1.807, 2.05) is 6.07 Å². The van der Waals surface area contributed by atoms with Gasteiger partial charge in [0, 0.05) is 23.1 Å². The summed E-state index contributed by atoms with van der Waals surface area (Å²) < 4.78 is 6.45. The maximum absolute atomic E-state index is 5.29. The third-order valence-corrected chi connectivity index (χ3v) is 5.20. The molecule has 4 heteroatoms. The van der Waals surface area contributed by atoms with Crippen LogP contribution in [0.4, 0.5) is 0 Å². The van der Waals surface area contributed by atoms with Gasteiger partial charge < -0.3 is 15.0 Å². The molecule has 0 spiro atoms. The van der Waals surface area contributed by atoms with Crippen LogP contribution in [0.1, 0.15) is 31.2 Å². The molecule has 3 nitrogen and oxygen atoms in total. The van der Waals surface area contributed by atoms with E-state index in [0.29, 0.717) is 6.04 Å². The summed E-state index contributed by atoms with van der Waals surface area (Å²) in [5.41, 5.74) is 1.27. The highest BCUT2D eigenvalue weighted by Crippen LogP contribution is 2.29. The summed E-state index contributed by atoms with van der Waals surface area (Å²) in [5, 5.41) is 3.70. The first-order valence-electron chi connectivity index (χ1n) is 7.56. The van der Waals surface area contributed by atoms with Crippen LogP contribution in [0, 0.1) is 0 Å². The van der Waals surface area contributed by atoms with Crippen LogP contribution >= 0.6 is 15.9 Å². The molecule has 0 amide bonds. The largest absolute Gasteiger partial charge is 0.497 e. The van der Waals surface area contributed by atoms with E-state index in [0.717, 1.165) is 22.8 Å². The predicted octanol–water partition coefficient (Wildman–Crippen LogP) is 3.17. The summed E-state index contributed by atoms with van der Waals surface area (Å²) in [6.07, 6.45) is 5.40. The van der Waals surface area contributed by atoms with Gasteiger partial charge in [0.15, 0.2) is 0 Å². The first-order chi connectivity index (χ1) is 9.76. The Kier molecular flexibility index (Phi) is 4.64. The van der Waals surface area contributed by atoms with Gasteiger partial charge in [-0.15, -0.1) is 0 Å². The number of halogens is 1. The molecule has 3 rings (SSSR count). The molecule has 0 bridgehead atoms. The second-order valence-corrected chi connectivity index (χ2v) is 6.73. The van der Waals surface area contributed by atoms with Crippen molar-refractivity contribution in [2.24, 2.45) is 0 Å². The Balaban J connectivity index is 1.49. The van der Waals surface area contributed by atoms with Crippen molar-refractivity contribution in [3.63, 3.8) is 0 Å². The van der Waals surface area contributed by atoms with E-state index in [1.165, 1.54) is 44.3 Å². The predicted molar refractivity (Wildman–Crippen MR) is 85.2 cm³/mol. The highest BCUT2D eigenvalue weighted by molar-refractivity contribution is 9.10. The molecule has 2 fully saturated rings. The van der Waals surface area contributed by atoms with Gasteiger partial charge in [0.25, 0.3) is 0 Å². The van der Waals surface area contributed by atoms with Crippen LogP contribution in [0.25, 0.3) is 0 Å². The highest BCUT2D eigenvalue weighted by atomic mass is 79.9. The van der Waals surface area contributed by atoms with Crippen molar-refractivity contribution in [3.8, 4) is 5.75 Å². The maximum Gasteiger partial charge on any atom is 0.119 e. The Morgan fingerprint density at radius 1 is 1.25 bits per heavy atom. The summed E-state index contributed by atoms with van der Waals surface area (Å²) in [6.45, 7) is 3.44. The van der Waals surface area contributed by atoms with Crippen molar-refractivity contribution in [1.29, 1.82) is 0 Å². The van der Waals surface area contributed by atoms with Crippen LogP contribution in [0.3, 0.4) is 0 Å². The van der Waals surface area contributed by atoms with Crippen LogP contribution in [-0.2, 0) is 6.54 Å². The molecule has 1 aliphatic carbocycles. The number of hydrogen-bond donors (Lipinski definition) is 1. The minimum Gasteiger partial charge on any atom is -0.497 e. The van der Waals surface area contributed by atoms with Gasteiger partial charge in [0.1, 0.15) is 5.75 Å². The fraction of sp³-hybridized carbons (Fsp3) is 0.625. The molecule has 20 heavy (non-hydrogen) atoms. The number of nitrogens with zero attached hydrogens (tertiary/aromatic N) is 1. The van der Waals surface area contributed by atoms with Gasteiger partial charge in [0.05, 0.1) is 7.11 Å². The van der Waals surface area contributed by atoms with Gasteiger partial charge in [-0.05, 0) is 62.5 Å². The number of rotatable bonds is 5. The van der Waals surface area contributed by atoms with E-state index in [-0.39, 0.29) is 0 Å². The standard InChI is InChI=1S/C16H23BrN2O/c1-20-15-4-5-16(17)12(10-15)11-18-13-6-8-19(9-7-13)14-2-3-14/h4-5,10,13-14,18H,2-3,6-9,11H2,1H3. The monoisotopic (exact) mass is 338 g/mol. The Labute approximate surface area is 129 Å². The average molecular weight is 339 g/mol. The Morgan fingerprint density at radius 3 is 2.65 bits per heavy atom. The Bertz CT molecular complexity index is 454. The number of hydrogen-bond acceptors (Lipinski definition) is 3. The average Bonchev–Trinajstić information content (AvgIpc) is 3.32. The van der Waals surface area contributed by atoms with E-state index in [4.69, 9.17) is 4.74 Å². The molecule has 0 aromatic heterocycles. The molecule has 1 aromatic carbocycles. The van der Waals surface area contributed by atoms with Crippen molar-refractivity contribution >= 4 is 15.9 Å². The minimum atomic E-state index is 0.656. The van der Waals surface area contributed by atoms with Crippen LogP contribution in [0.2, 0.25) is 0 Å². The molecular formula is C16H23BrN2O. The zero-order chi connectivity index (χ0) is 13.9. The van der Waals surface area contributed by atoms with Crippen molar-refractivity contribution < 1.29 is 4.74 Å². The number of nitrogens with one attached hydrogen (secondary N) is 1. The quantitative estimate of drug-likeness (QED) is 0.892. The number of methoxy groups -OCH3 is 1. The third-order valence-electron chi connectivity index (χ3n) is 4.43. The molecule has 1 saturated heterocycles. The van der Waals surface area contributed by atoms with Crippen LogP contribution in [0.15, 0.2) is 22.7 Å². The minimum absolute atomic E-state index is 0.656. The van der Waals surface area contributed by atoms with E-state index in [2.05, 4.69) is 38.3 Å². The van der Waals surface area contributed by atoms with Crippen molar-refractivity contribution in [2.75, 3.05) is 20.2 Å². The van der Waals surface area contributed by atoms with Crippen molar-refractivity contribution in [2.45, 2.75) is 44.3 Å². The lowest BCUT2D eigenvalue weighted by atomic mass is 10.0. The number of likely N-dealkylation sites (tertiary alicyclic amines) is 1. The van der Waals surface area contributed by atoms with E-state index in [1.54, 1.807) is 7.11 Å². The molecule has 1 heterocycles. The van der Waals surface area contributed by atoms with Gasteiger partial charge >= 0.3 is 0 Å². The second-order valence-electron chi connectivity index (χ2n) is 5.88. The van der Waals surface area contributed by atoms with E-state index in [9.17, 15) is 0 Å². The molecule has 0 radical (unpaired) electrons. The van der Waals surface area contributed by atoms with Crippen LogP contribution < -0.4 is 10.1 Å². The smallest absolute Gasteiger partial charge is 0.119 e. The summed E-state index contributed by atoms with van der Waals surface area (Å²) >= 11 is 3.62. The zero-order valence-corrected chi connectivity index (χ0v) is 13.7. The van der Waals surface area contributed by atoms with Crippen LogP contribution in [-0.4, -0.2) is 37.2 Å². The molecular weight excluding hydrogens is 316 g/mol. The fourth-order valence-corrected chi connectivity index (χ4v) is 3.36. The number of ether oxygens (including phenoxy) is 1. The fourth-order valence-electron chi connectivity index (χ4n) is 2.98. The van der Waals surface area contributed by atoms with Gasteiger partial charge in [-0.2, -0.15) is 0 Å². The summed E-state index contributed by atoms with van der Waals surface area (Å²) in [6, 6.07) is 7.73.